The summed E-state index contributed by atoms with van der Waals surface area (Å²) in [5.41, 5.74) is 6.15. The zero-order valence-electron chi connectivity index (χ0n) is 11.6. The third-order valence-corrected chi connectivity index (χ3v) is 5.28. The van der Waals surface area contributed by atoms with E-state index in [0.717, 1.165) is 12.8 Å². The molecule has 2 atom stereocenters. The minimum absolute atomic E-state index is 0.165. The van der Waals surface area contributed by atoms with Gasteiger partial charge in [0, 0.05) is 11.8 Å². The molecule has 2 N–H and O–H groups in total. The van der Waals surface area contributed by atoms with Gasteiger partial charge in [0.2, 0.25) is 0 Å². The lowest BCUT2D eigenvalue weighted by molar-refractivity contribution is 0.354. The Labute approximate surface area is 107 Å². The summed E-state index contributed by atoms with van der Waals surface area (Å²) in [6.07, 6.45) is 6.24. The molecule has 0 saturated heterocycles. The lowest BCUT2D eigenvalue weighted by Gasteiger charge is -2.22. The van der Waals surface area contributed by atoms with Crippen molar-refractivity contribution >= 4 is 9.84 Å². The highest BCUT2D eigenvalue weighted by Crippen LogP contribution is 2.18. The van der Waals surface area contributed by atoms with Crippen LogP contribution in [0.3, 0.4) is 0 Å². The van der Waals surface area contributed by atoms with Crippen LogP contribution in [0.2, 0.25) is 0 Å². The molecule has 0 aromatic carbocycles. The van der Waals surface area contributed by atoms with Gasteiger partial charge in [0.1, 0.15) is 9.84 Å². The van der Waals surface area contributed by atoms with Gasteiger partial charge in [-0.25, -0.2) is 8.42 Å². The van der Waals surface area contributed by atoms with E-state index in [-0.39, 0.29) is 11.8 Å². The number of sulfone groups is 1. The lowest BCUT2D eigenvalue weighted by atomic mass is 9.89. The number of hydrogen-bond acceptors (Lipinski definition) is 3. The fourth-order valence-electron chi connectivity index (χ4n) is 2.11. The fourth-order valence-corrected chi connectivity index (χ4v) is 3.00. The Hall–Kier alpha value is -0.0900. The van der Waals surface area contributed by atoms with Crippen LogP contribution in [-0.4, -0.2) is 26.0 Å². The van der Waals surface area contributed by atoms with E-state index in [0.29, 0.717) is 18.1 Å². The molecule has 0 spiro atoms. The highest BCUT2D eigenvalue weighted by molar-refractivity contribution is 7.91. The molecule has 0 heterocycles. The monoisotopic (exact) mass is 263 g/mol. The van der Waals surface area contributed by atoms with Crippen molar-refractivity contribution in [2.75, 3.05) is 11.5 Å². The Morgan fingerprint density at radius 2 is 1.71 bits per heavy atom. The molecule has 0 fully saturated rings. The minimum atomic E-state index is -2.82. The first kappa shape index (κ1) is 16.9. The van der Waals surface area contributed by atoms with Crippen LogP contribution < -0.4 is 5.73 Å². The molecule has 0 aliphatic heterocycles. The van der Waals surface area contributed by atoms with E-state index in [1.54, 1.807) is 6.92 Å². The van der Waals surface area contributed by atoms with Gasteiger partial charge in [-0.05, 0) is 25.2 Å². The second-order valence-electron chi connectivity index (χ2n) is 4.85. The largest absolute Gasteiger partial charge is 0.327 e. The molecule has 0 radical (unpaired) electrons. The molecule has 0 aromatic heterocycles. The van der Waals surface area contributed by atoms with Crippen molar-refractivity contribution < 1.29 is 8.42 Å². The summed E-state index contributed by atoms with van der Waals surface area (Å²) in [4.78, 5) is 0. The van der Waals surface area contributed by atoms with Gasteiger partial charge in [-0.2, -0.15) is 0 Å². The van der Waals surface area contributed by atoms with Crippen LogP contribution in [0.4, 0.5) is 0 Å². The van der Waals surface area contributed by atoms with Crippen molar-refractivity contribution in [3.05, 3.63) is 0 Å². The van der Waals surface area contributed by atoms with Gasteiger partial charge in [0.05, 0.1) is 5.75 Å². The number of nitrogens with two attached hydrogens (primary N) is 1. The summed E-state index contributed by atoms with van der Waals surface area (Å²) in [5.74, 6) is 1.09. The van der Waals surface area contributed by atoms with E-state index < -0.39 is 9.84 Å². The van der Waals surface area contributed by atoms with E-state index in [1.165, 1.54) is 19.3 Å². The van der Waals surface area contributed by atoms with Gasteiger partial charge in [-0.15, -0.1) is 0 Å². The van der Waals surface area contributed by atoms with Gasteiger partial charge in [0.15, 0.2) is 0 Å². The zero-order valence-corrected chi connectivity index (χ0v) is 12.4. The van der Waals surface area contributed by atoms with Crippen LogP contribution in [0.25, 0.3) is 0 Å². The van der Waals surface area contributed by atoms with Crippen LogP contribution in [-0.2, 0) is 9.84 Å². The second kappa shape index (κ2) is 8.92. The minimum Gasteiger partial charge on any atom is -0.327 e. The average molecular weight is 263 g/mol. The maximum atomic E-state index is 11.4. The van der Waals surface area contributed by atoms with E-state index in [9.17, 15) is 8.42 Å². The summed E-state index contributed by atoms with van der Waals surface area (Å²) in [5, 5.41) is 0. The first-order valence-electron chi connectivity index (χ1n) is 6.92. The average Bonchev–Trinajstić information content (AvgIpc) is 2.30. The summed E-state index contributed by atoms with van der Waals surface area (Å²) in [7, 11) is -2.82. The predicted molar refractivity (Wildman–Crippen MR) is 74.8 cm³/mol. The quantitative estimate of drug-likeness (QED) is 0.659. The molecule has 4 heteroatoms. The Morgan fingerprint density at radius 1 is 1.06 bits per heavy atom. The van der Waals surface area contributed by atoms with Crippen LogP contribution in [0.5, 0.6) is 0 Å². The summed E-state index contributed by atoms with van der Waals surface area (Å²) < 4.78 is 22.7. The molecule has 104 valence electrons. The summed E-state index contributed by atoms with van der Waals surface area (Å²) in [6.45, 7) is 6.06. The van der Waals surface area contributed by atoms with Crippen LogP contribution in [0, 0.1) is 5.92 Å². The number of unbranched alkanes of at least 4 members (excludes halogenated alkanes) is 1. The van der Waals surface area contributed by atoms with Crippen molar-refractivity contribution in [1.29, 1.82) is 0 Å². The number of rotatable bonds is 10. The van der Waals surface area contributed by atoms with Crippen LogP contribution >= 0.6 is 0 Å². The van der Waals surface area contributed by atoms with Crippen molar-refractivity contribution in [2.24, 2.45) is 11.7 Å². The Morgan fingerprint density at radius 3 is 2.18 bits per heavy atom. The smallest absolute Gasteiger partial charge is 0.150 e. The zero-order chi connectivity index (χ0) is 13.3. The molecule has 0 aliphatic carbocycles. The fraction of sp³-hybridized carbons (Fsp3) is 1.00. The van der Waals surface area contributed by atoms with Crippen molar-refractivity contribution in [2.45, 2.75) is 65.3 Å². The molecule has 3 nitrogen and oxygen atoms in total. The highest BCUT2D eigenvalue weighted by atomic mass is 32.2. The third kappa shape index (κ3) is 7.77. The van der Waals surface area contributed by atoms with Gasteiger partial charge in [-0.1, -0.05) is 40.0 Å². The molecular weight excluding hydrogens is 234 g/mol. The molecule has 0 bridgehead atoms. The molecule has 0 aliphatic rings. The van der Waals surface area contributed by atoms with Crippen molar-refractivity contribution in [3.8, 4) is 0 Å². The Balaban J connectivity index is 3.94. The topological polar surface area (TPSA) is 60.2 Å². The highest BCUT2D eigenvalue weighted by Gasteiger charge is 2.16. The molecular formula is C13H29NO2S. The Bertz CT molecular complexity index is 275. The van der Waals surface area contributed by atoms with Crippen molar-refractivity contribution in [3.63, 3.8) is 0 Å². The molecule has 0 aromatic rings. The second-order valence-corrected chi connectivity index (χ2v) is 7.33. The molecule has 17 heavy (non-hydrogen) atoms. The predicted octanol–water partition coefficient (Wildman–Crippen LogP) is 2.75. The molecule has 0 amide bonds. The van der Waals surface area contributed by atoms with E-state index >= 15 is 0 Å². The SMILES string of the molecule is CCCCC(CC)C(N)CCCS(=O)(=O)CC. The number of hydrogen-bond donors (Lipinski definition) is 1. The van der Waals surface area contributed by atoms with E-state index in [1.807, 2.05) is 0 Å². The maximum absolute atomic E-state index is 11.4. The van der Waals surface area contributed by atoms with Crippen LogP contribution in [0.1, 0.15) is 59.3 Å². The van der Waals surface area contributed by atoms with E-state index in [4.69, 9.17) is 5.73 Å². The Kier molecular flexibility index (Phi) is 8.88. The standard InChI is InChI=1S/C13H29NO2S/c1-4-7-9-12(5-2)13(14)10-8-11-17(15,16)6-3/h12-13H,4-11,14H2,1-3H3. The maximum Gasteiger partial charge on any atom is 0.150 e. The first-order valence-corrected chi connectivity index (χ1v) is 8.74. The summed E-state index contributed by atoms with van der Waals surface area (Å²) in [6, 6.07) is 0.165. The third-order valence-electron chi connectivity index (χ3n) is 3.49. The van der Waals surface area contributed by atoms with Crippen molar-refractivity contribution in [1.82, 2.24) is 0 Å². The van der Waals surface area contributed by atoms with Gasteiger partial charge in [-0.3, -0.25) is 0 Å². The molecule has 0 rings (SSSR count). The lowest BCUT2D eigenvalue weighted by Crippen LogP contribution is -2.30. The summed E-state index contributed by atoms with van der Waals surface area (Å²) >= 11 is 0. The first-order chi connectivity index (χ1) is 7.96. The van der Waals surface area contributed by atoms with Gasteiger partial charge >= 0.3 is 0 Å². The van der Waals surface area contributed by atoms with Gasteiger partial charge in [0.25, 0.3) is 0 Å². The molecule has 2 unspecified atom stereocenters. The van der Waals surface area contributed by atoms with E-state index in [2.05, 4.69) is 13.8 Å². The van der Waals surface area contributed by atoms with Gasteiger partial charge < -0.3 is 5.73 Å². The molecule has 0 saturated carbocycles. The normalized spacial score (nSPS) is 15.8. The van der Waals surface area contributed by atoms with Crippen LogP contribution in [0.15, 0.2) is 0 Å².